The highest BCUT2D eigenvalue weighted by atomic mass is 16.5. The minimum absolute atomic E-state index is 0.695. The number of para-hydroxylation sites is 1. The van der Waals surface area contributed by atoms with Crippen molar-refractivity contribution in [3.8, 4) is 22.9 Å². The molecule has 0 aliphatic carbocycles. The number of nitrogens with one attached hydrogen (secondary N) is 3. The first-order chi connectivity index (χ1) is 15.8. The van der Waals surface area contributed by atoms with Crippen molar-refractivity contribution in [2.24, 2.45) is 0 Å². The molecule has 5 nitrogen and oxygen atoms in total. The summed E-state index contributed by atoms with van der Waals surface area (Å²) in [6, 6.07) is 20.3. The standard InChI is InChI=1S/C27H31N3O2/c1-2-17-32-27-20-25(24-13-9-16-28-24)30-26(27)19-22-15-14-21(29-22)10-5-4-8-18-31-23-11-6-3-7-12-23/h3,6-7,9-16,19-20,28-30H,2,4-5,8,17-18H2,1H3. The van der Waals surface area contributed by atoms with Crippen LogP contribution in [0, 0.1) is 0 Å². The smallest absolute Gasteiger partial charge is 0.144 e. The van der Waals surface area contributed by atoms with Crippen molar-refractivity contribution < 1.29 is 9.47 Å². The first-order valence-corrected chi connectivity index (χ1v) is 11.4. The second-order valence-electron chi connectivity index (χ2n) is 7.77. The van der Waals surface area contributed by atoms with E-state index in [4.69, 9.17) is 9.47 Å². The van der Waals surface area contributed by atoms with E-state index in [0.717, 1.165) is 71.6 Å². The maximum Gasteiger partial charge on any atom is 0.144 e. The molecule has 0 saturated heterocycles. The highest BCUT2D eigenvalue weighted by molar-refractivity contribution is 5.65. The summed E-state index contributed by atoms with van der Waals surface area (Å²) in [5, 5.41) is 2.18. The van der Waals surface area contributed by atoms with Crippen LogP contribution in [0.25, 0.3) is 23.5 Å². The molecule has 0 aliphatic rings. The Morgan fingerprint density at radius 1 is 0.812 bits per heavy atom. The molecule has 4 rings (SSSR count). The van der Waals surface area contributed by atoms with Crippen LogP contribution in [-0.4, -0.2) is 28.2 Å². The third kappa shape index (κ3) is 5.97. The Hall–Kier alpha value is -3.60. The summed E-state index contributed by atoms with van der Waals surface area (Å²) in [5.41, 5.74) is 3.03. The Morgan fingerprint density at radius 2 is 1.69 bits per heavy atom. The van der Waals surface area contributed by atoms with Crippen molar-refractivity contribution in [2.45, 2.75) is 32.6 Å². The fourth-order valence-corrected chi connectivity index (χ4v) is 3.53. The van der Waals surface area contributed by atoms with Gasteiger partial charge in [0.25, 0.3) is 0 Å². The van der Waals surface area contributed by atoms with E-state index in [0.29, 0.717) is 6.61 Å². The molecule has 0 unspecified atom stereocenters. The summed E-state index contributed by atoms with van der Waals surface area (Å²) in [4.78, 5) is 10.2. The molecule has 0 bridgehead atoms. The summed E-state index contributed by atoms with van der Waals surface area (Å²) in [5.74, 6) is 1.81. The zero-order valence-electron chi connectivity index (χ0n) is 18.6. The van der Waals surface area contributed by atoms with Crippen LogP contribution in [0.3, 0.4) is 0 Å². The van der Waals surface area contributed by atoms with E-state index >= 15 is 0 Å². The lowest BCUT2D eigenvalue weighted by Gasteiger charge is -2.04. The second-order valence-corrected chi connectivity index (χ2v) is 7.77. The second kappa shape index (κ2) is 11.1. The van der Waals surface area contributed by atoms with Gasteiger partial charge in [0, 0.05) is 23.0 Å². The number of aromatic nitrogens is 3. The fourth-order valence-electron chi connectivity index (χ4n) is 3.53. The van der Waals surface area contributed by atoms with E-state index in [2.05, 4.69) is 52.2 Å². The van der Waals surface area contributed by atoms with Gasteiger partial charge in [-0.1, -0.05) is 31.2 Å². The summed E-state index contributed by atoms with van der Waals surface area (Å²) in [6.07, 6.45) is 10.4. The summed E-state index contributed by atoms with van der Waals surface area (Å²) in [6.45, 7) is 3.56. The Labute approximate surface area is 188 Å². The number of hydrogen-bond acceptors (Lipinski definition) is 2. The normalized spacial score (nSPS) is 12.4. The molecule has 3 N–H and O–H groups in total. The van der Waals surface area contributed by atoms with Crippen LogP contribution in [0.2, 0.25) is 0 Å². The number of benzene rings is 1. The predicted octanol–water partition coefficient (Wildman–Crippen LogP) is 4.99. The van der Waals surface area contributed by atoms with Crippen molar-refractivity contribution in [3.05, 3.63) is 83.3 Å². The van der Waals surface area contributed by atoms with Gasteiger partial charge in [-0.2, -0.15) is 0 Å². The third-order valence-electron chi connectivity index (χ3n) is 5.17. The third-order valence-corrected chi connectivity index (χ3v) is 5.17. The molecule has 3 aromatic heterocycles. The lowest BCUT2D eigenvalue weighted by atomic mass is 10.2. The Bertz CT molecular complexity index is 1190. The lowest BCUT2D eigenvalue weighted by Crippen LogP contribution is -2.09. The van der Waals surface area contributed by atoms with Crippen LogP contribution in [0.5, 0.6) is 11.5 Å². The SMILES string of the molecule is CCCOc1cc(-c2ccc[nH]2)[nH]c1C=c1ccc(=CCCCCOc2ccccc2)[nH]1. The Morgan fingerprint density at radius 3 is 2.50 bits per heavy atom. The largest absolute Gasteiger partial charge is 0.494 e. The van der Waals surface area contributed by atoms with Crippen molar-refractivity contribution in [1.82, 2.24) is 15.0 Å². The van der Waals surface area contributed by atoms with Crippen molar-refractivity contribution in [3.63, 3.8) is 0 Å². The number of unbranched alkanes of at least 4 members (excludes halogenated alkanes) is 2. The molecular formula is C27H31N3O2. The van der Waals surface area contributed by atoms with E-state index in [1.165, 1.54) is 0 Å². The van der Waals surface area contributed by atoms with Crippen LogP contribution < -0.4 is 20.2 Å². The van der Waals surface area contributed by atoms with Gasteiger partial charge >= 0.3 is 0 Å². The van der Waals surface area contributed by atoms with E-state index in [9.17, 15) is 0 Å². The molecule has 0 aliphatic heterocycles. The number of ether oxygens (including phenoxy) is 2. The van der Waals surface area contributed by atoms with Crippen molar-refractivity contribution >= 4 is 12.2 Å². The summed E-state index contributed by atoms with van der Waals surface area (Å²) < 4.78 is 11.7. The maximum absolute atomic E-state index is 5.97. The predicted molar refractivity (Wildman–Crippen MR) is 130 cm³/mol. The Kier molecular flexibility index (Phi) is 7.53. The average Bonchev–Trinajstić information content (AvgIpc) is 3.57. The van der Waals surface area contributed by atoms with Crippen molar-refractivity contribution in [1.29, 1.82) is 0 Å². The van der Waals surface area contributed by atoms with Gasteiger partial charge in [0.1, 0.15) is 11.5 Å². The van der Waals surface area contributed by atoms with Gasteiger partial charge in [-0.3, -0.25) is 0 Å². The van der Waals surface area contributed by atoms with Crippen LogP contribution >= 0.6 is 0 Å². The van der Waals surface area contributed by atoms with Crippen LogP contribution in [0.4, 0.5) is 0 Å². The summed E-state index contributed by atoms with van der Waals surface area (Å²) in [7, 11) is 0. The average molecular weight is 430 g/mol. The number of H-pyrrole nitrogens is 3. The zero-order chi connectivity index (χ0) is 22.0. The summed E-state index contributed by atoms with van der Waals surface area (Å²) >= 11 is 0. The van der Waals surface area contributed by atoms with Gasteiger partial charge in [-0.05, 0) is 68.2 Å². The molecule has 0 fully saturated rings. The van der Waals surface area contributed by atoms with Crippen LogP contribution in [0.15, 0.2) is 66.9 Å². The van der Waals surface area contributed by atoms with E-state index < -0.39 is 0 Å². The quantitative estimate of drug-likeness (QED) is 0.294. The molecule has 166 valence electrons. The maximum atomic E-state index is 5.97. The number of rotatable bonds is 11. The zero-order valence-corrected chi connectivity index (χ0v) is 18.6. The molecule has 0 spiro atoms. The van der Waals surface area contributed by atoms with Crippen molar-refractivity contribution in [2.75, 3.05) is 13.2 Å². The van der Waals surface area contributed by atoms with E-state index in [-0.39, 0.29) is 0 Å². The molecule has 32 heavy (non-hydrogen) atoms. The molecule has 5 heteroatoms. The lowest BCUT2D eigenvalue weighted by molar-refractivity contribution is 0.308. The molecule has 0 saturated carbocycles. The molecule has 0 amide bonds. The highest BCUT2D eigenvalue weighted by Crippen LogP contribution is 2.27. The minimum Gasteiger partial charge on any atom is -0.494 e. The van der Waals surface area contributed by atoms with Gasteiger partial charge in [-0.25, -0.2) is 0 Å². The first kappa shape index (κ1) is 21.6. The van der Waals surface area contributed by atoms with Gasteiger partial charge < -0.3 is 24.4 Å². The van der Waals surface area contributed by atoms with Crippen LogP contribution in [0.1, 0.15) is 38.3 Å². The monoisotopic (exact) mass is 429 g/mol. The minimum atomic E-state index is 0.695. The fraction of sp³-hybridized carbons (Fsp3) is 0.259. The highest BCUT2D eigenvalue weighted by Gasteiger charge is 2.09. The molecule has 4 aromatic rings. The molecular weight excluding hydrogens is 398 g/mol. The van der Waals surface area contributed by atoms with Crippen LogP contribution in [-0.2, 0) is 0 Å². The molecule has 1 aromatic carbocycles. The molecule has 0 atom stereocenters. The van der Waals surface area contributed by atoms with E-state index in [1.54, 1.807) is 0 Å². The number of hydrogen-bond donors (Lipinski definition) is 3. The van der Waals surface area contributed by atoms with Gasteiger partial charge in [-0.15, -0.1) is 0 Å². The number of aromatic amines is 3. The van der Waals surface area contributed by atoms with E-state index in [1.807, 2.05) is 48.7 Å². The van der Waals surface area contributed by atoms with Gasteiger partial charge in [0.05, 0.1) is 30.3 Å². The molecule has 3 heterocycles. The Balaban J connectivity index is 1.37. The van der Waals surface area contributed by atoms with Gasteiger partial charge in [0.15, 0.2) is 0 Å². The molecule has 0 radical (unpaired) electrons. The van der Waals surface area contributed by atoms with Gasteiger partial charge in [0.2, 0.25) is 0 Å². The topological polar surface area (TPSA) is 65.8 Å². The first-order valence-electron chi connectivity index (χ1n) is 11.4.